The van der Waals surface area contributed by atoms with Gasteiger partial charge in [-0.1, -0.05) is 41.6 Å². The van der Waals surface area contributed by atoms with Gasteiger partial charge in [-0.2, -0.15) is 0 Å². The summed E-state index contributed by atoms with van der Waals surface area (Å²) >= 11 is 3.46. The highest BCUT2D eigenvalue weighted by Crippen LogP contribution is 2.37. The number of halogens is 2. The van der Waals surface area contributed by atoms with E-state index < -0.39 is 0 Å². The molecule has 3 aromatic rings. The Bertz CT molecular complexity index is 1080. The fraction of sp³-hybridized carbons (Fsp3) is 0.167. The van der Waals surface area contributed by atoms with Gasteiger partial charge < -0.3 is 19.6 Å². The highest BCUT2D eigenvalue weighted by atomic mass is 79.9. The minimum atomic E-state index is -0.334. The first-order chi connectivity index (χ1) is 15.6. The molecule has 0 saturated carbocycles. The summed E-state index contributed by atoms with van der Waals surface area (Å²) in [4.78, 5) is 17.0. The molecule has 3 rings (SSSR count). The Kier molecular flexibility index (Phi) is 8.62. The number of rotatable bonds is 10. The Balaban J connectivity index is 1.61. The summed E-state index contributed by atoms with van der Waals surface area (Å²) in [6, 6.07) is 19.0. The number of nitrogens with one attached hydrogen (secondary N) is 1. The number of oxime groups is 1. The molecule has 0 aliphatic carbocycles. The number of amides is 1. The maximum atomic E-state index is 13.9. The fourth-order valence-electron chi connectivity index (χ4n) is 2.74. The quantitative estimate of drug-likeness (QED) is 0.292. The van der Waals surface area contributed by atoms with Gasteiger partial charge >= 0.3 is 0 Å². The molecule has 0 aromatic heterocycles. The van der Waals surface area contributed by atoms with Crippen molar-refractivity contribution in [1.82, 2.24) is 0 Å². The lowest BCUT2D eigenvalue weighted by Crippen LogP contribution is -2.16. The molecule has 0 saturated heterocycles. The van der Waals surface area contributed by atoms with Crippen molar-refractivity contribution in [2.75, 3.05) is 18.5 Å². The van der Waals surface area contributed by atoms with Gasteiger partial charge in [0.25, 0.3) is 5.91 Å². The molecule has 3 aromatic carbocycles. The van der Waals surface area contributed by atoms with Gasteiger partial charge in [-0.15, -0.1) is 0 Å². The maximum absolute atomic E-state index is 13.9. The van der Waals surface area contributed by atoms with E-state index >= 15 is 0 Å². The van der Waals surface area contributed by atoms with Gasteiger partial charge in [0, 0.05) is 16.8 Å². The molecule has 166 valence electrons. The van der Waals surface area contributed by atoms with Gasteiger partial charge in [-0.25, -0.2) is 4.39 Å². The second-order valence-corrected chi connectivity index (χ2v) is 7.42. The SMILES string of the molecule is CCOc1cc(/C=N/OCC(=O)Nc2ccccc2)cc(Br)c1OCc1ccccc1F. The molecule has 0 spiro atoms. The molecule has 32 heavy (non-hydrogen) atoms. The second kappa shape index (κ2) is 11.9. The predicted octanol–water partition coefficient (Wildman–Crippen LogP) is 5.56. The lowest BCUT2D eigenvalue weighted by Gasteiger charge is -2.15. The molecular formula is C24H22BrFN2O4. The second-order valence-electron chi connectivity index (χ2n) is 6.57. The monoisotopic (exact) mass is 500 g/mol. The Morgan fingerprint density at radius 1 is 1.09 bits per heavy atom. The van der Waals surface area contributed by atoms with Crippen molar-refractivity contribution in [2.45, 2.75) is 13.5 Å². The number of nitrogens with zero attached hydrogens (tertiary/aromatic N) is 1. The molecule has 0 unspecified atom stereocenters. The summed E-state index contributed by atoms with van der Waals surface area (Å²) in [6.07, 6.45) is 1.46. The third-order valence-corrected chi connectivity index (χ3v) is 4.78. The number of carbonyl (C=O) groups is 1. The predicted molar refractivity (Wildman–Crippen MR) is 125 cm³/mol. The van der Waals surface area contributed by atoms with Gasteiger partial charge in [0.1, 0.15) is 12.4 Å². The first-order valence-electron chi connectivity index (χ1n) is 9.89. The molecule has 0 fully saturated rings. The molecule has 0 aliphatic rings. The Morgan fingerprint density at radius 2 is 1.84 bits per heavy atom. The van der Waals surface area contributed by atoms with Crippen molar-refractivity contribution >= 4 is 33.7 Å². The van der Waals surface area contributed by atoms with E-state index in [4.69, 9.17) is 14.3 Å². The van der Waals surface area contributed by atoms with E-state index in [1.165, 1.54) is 12.3 Å². The average molecular weight is 501 g/mol. The number of hydrogen-bond donors (Lipinski definition) is 1. The van der Waals surface area contributed by atoms with E-state index in [9.17, 15) is 9.18 Å². The van der Waals surface area contributed by atoms with Crippen LogP contribution in [0.4, 0.5) is 10.1 Å². The van der Waals surface area contributed by atoms with Gasteiger partial charge in [-0.05, 0) is 53.2 Å². The summed E-state index contributed by atoms with van der Waals surface area (Å²) < 4.78 is 26.0. The minimum Gasteiger partial charge on any atom is -0.490 e. The molecule has 8 heteroatoms. The van der Waals surface area contributed by atoms with Crippen molar-refractivity contribution < 1.29 is 23.5 Å². The standard InChI is InChI=1S/C24H22BrFN2O4/c1-2-30-22-13-17(14-27-32-16-23(29)28-19-9-4-3-5-10-19)12-20(25)24(22)31-15-18-8-6-7-11-21(18)26/h3-14H,2,15-16H2,1H3,(H,28,29)/b27-14+. The Labute approximate surface area is 194 Å². The molecule has 0 aliphatic heterocycles. The smallest absolute Gasteiger partial charge is 0.265 e. The average Bonchev–Trinajstić information content (AvgIpc) is 2.78. The number of anilines is 1. The van der Waals surface area contributed by atoms with Crippen LogP contribution in [0.25, 0.3) is 0 Å². The Hall–Kier alpha value is -3.39. The molecular weight excluding hydrogens is 479 g/mol. The lowest BCUT2D eigenvalue weighted by atomic mass is 10.2. The highest BCUT2D eigenvalue weighted by Gasteiger charge is 2.13. The third kappa shape index (κ3) is 6.81. The van der Waals surface area contributed by atoms with Crippen molar-refractivity contribution in [2.24, 2.45) is 5.16 Å². The van der Waals surface area contributed by atoms with Crippen molar-refractivity contribution in [3.63, 3.8) is 0 Å². The van der Waals surface area contributed by atoms with E-state index in [1.807, 2.05) is 25.1 Å². The number of ether oxygens (including phenoxy) is 2. The van der Waals surface area contributed by atoms with Gasteiger partial charge in [0.05, 0.1) is 17.3 Å². The first kappa shape index (κ1) is 23.3. The van der Waals surface area contributed by atoms with E-state index in [0.717, 1.165) is 0 Å². The lowest BCUT2D eigenvalue weighted by molar-refractivity contribution is -0.120. The number of hydrogen-bond acceptors (Lipinski definition) is 5. The molecule has 1 N–H and O–H groups in total. The van der Waals surface area contributed by atoms with Crippen LogP contribution in [0.15, 0.2) is 76.4 Å². The number of carbonyl (C=O) groups excluding carboxylic acids is 1. The molecule has 1 amide bonds. The number of benzene rings is 3. The van der Waals surface area contributed by atoms with E-state index in [0.29, 0.717) is 39.4 Å². The fourth-order valence-corrected chi connectivity index (χ4v) is 3.32. The maximum Gasteiger partial charge on any atom is 0.265 e. The molecule has 6 nitrogen and oxygen atoms in total. The van der Waals surface area contributed by atoms with E-state index in [1.54, 1.807) is 42.5 Å². The summed E-state index contributed by atoms with van der Waals surface area (Å²) in [6.45, 7) is 2.09. The topological polar surface area (TPSA) is 69.2 Å². The van der Waals surface area contributed by atoms with Crippen LogP contribution in [-0.4, -0.2) is 25.3 Å². The van der Waals surface area contributed by atoms with Gasteiger partial charge in [0.2, 0.25) is 0 Å². The zero-order valence-electron chi connectivity index (χ0n) is 17.4. The normalized spacial score (nSPS) is 10.7. The third-order valence-electron chi connectivity index (χ3n) is 4.19. The Morgan fingerprint density at radius 3 is 2.59 bits per heavy atom. The van der Waals surface area contributed by atoms with Crippen LogP contribution in [0.5, 0.6) is 11.5 Å². The largest absolute Gasteiger partial charge is 0.490 e. The zero-order chi connectivity index (χ0) is 22.8. The molecule has 0 bridgehead atoms. The summed E-state index contributed by atoms with van der Waals surface area (Å²) in [5.41, 5.74) is 1.79. The van der Waals surface area contributed by atoms with Crippen LogP contribution < -0.4 is 14.8 Å². The summed E-state index contributed by atoms with van der Waals surface area (Å²) in [5.74, 6) is 0.275. The summed E-state index contributed by atoms with van der Waals surface area (Å²) in [5, 5.41) is 6.55. The van der Waals surface area contributed by atoms with Crippen LogP contribution in [-0.2, 0) is 16.2 Å². The first-order valence-corrected chi connectivity index (χ1v) is 10.7. The van der Waals surface area contributed by atoms with Crippen LogP contribution >= 0.6 is 15.9 Å². The van der Waals surface area contributed by atoms with E-state index in [2.05, 4.69) is 26.4 Å². The van der Waals surface area contributed by atoms with Crippen LogP contribution in [0.3, 0.4) is 0 Å². The summed E-state index contributed by atoms with van der Waals surface area (Å²) in [7, 11) is 0. The van der Waals surface area contributed by atoms with Crippen LogP contribution in [0, 0.1) is 5.82 Å². The van der Waals surface area contributed by atoms with E-state index in [-0.39, 0.29) is 24.9 Å². The van der Waals surface area contributed by atoms with Crippen molar-refractivity contribution in [3.05, 3.63) is 88.1 Å². The molecule has 0 radical (unpaired) electrons. The number of para-hydroxylation sites is 1. The van der Waals surface area contributed by atoms with Gasteiger partial charge in [0.15, 0.2) is 18.1 Å². The van der Waals surface area contributed by atoms with Crippen LogP contribution in [0.2, 0.25) is 0 Å². The van der Waals surface area contributed by atoms with Crippen molar-refractivity contribution in [3.8, 4) is 11.5 Å². The molecule has 0 atom stereocenters. The van der Waals surface area contributed by atoms with Crippen molar-refractivity contribution in [1.29, 1.82) is 0 Å². The van der Waals surface area contributed by atoms with Crippen LogP contribution in [0.1, 0.15) is 18.1 Å². The highest BCUT2D eigenvalue weighted by molar-refractivity contribution is 9.10. The van der Waals surface area contributed by atoms with Gasteiger partial charge in [-0.3, -0.25) is 4.79 Å². The minimum absolute atomic E-state index is 0.0540. The zero-order valence-corrected chi connectivity index (χ0v) is 19.0. The molecule has 0 heterocycles.